The topological polar surface area (TPSA) is 18.5 Å². The van der Waals surface area contributed by atoms with Gasteiger partial charge in [-0.3, -0.25) is 4.90 Å². The molecule has 0 amide bonds. The van der Waals surface area contributed by atoms with Gasteiger partial charge in [-0.15, -0.1) is 0 Å². The summed E-state index contributed by atoms with van der Waals surface area (Å²) in [6.45, 7) is 5.60. The Morgan fingerprint density at radius 2 is 2.00 bits per heavy atom. The fourth-order valence-electron chi connectivity index (χ4n) is 2.60. The molecule has 0 unspecified atom stereocenters. The number of fused-ring (bicyclic) bond motifs is 1. The summed E-state index contributed by atoms with van der Waals surface area (Å²) < 4.78 is 0. The van der Waals surface area contributed by atoms with Crippen molar-refractivity contribution in [3.8, 4) is 0 Å². The van der Waals surface area contributed by atoms with E-state index in [1.54, 1.807) is 0 Å². The van der Waals surface area contributed by atoms with Crippen molar-refractivity contribution in [2.75, 3.05) is 34.2 Å². The summed E-state index contributed by atoms with van der Waals surface area (Å²) in [5, 5.41) is 3.21. The van der Waals surface area contributed by atoms with Gasteiger partial charge < -0.3 is 10.2 Å². The summed E-state index contributed by atoms with van der Waals surface area (Å²) >= 11 is 0. The van der Waals surface area contributed by atoms with Crippen LogP contribution in [-0.4, -0.2) is 44.0 Å². The van der Waals surface area contributed by atoms with Crippen LogP contribution in [0.25, 0.3) is 0 Å². The molecule has 2 rings (SSSR count). The van der Waals surface area contributed by atoms with Crippen LogP contribution in [0.2, 0.25) is 0 Å². The molecule has 1 aliphatic rings. The Bertz CT molecular complexity index is 387. The molecule has 0 spiro atoms. The Kier molecular flexibility index (Phi) is 4.75. The van der Waals surface area contributed by atoms with Crippen LogP contribution >= 0.6 is 0 Å². The van der Waals surface area contributed by atoms with Crippen molar-refractivity contribution >= 4 is 0 Å². The fourth-order valence-corrected chi connectivity index (χ4v) is 2.60. The smallest absolute Gasteiger partial charge is 0.0240 e. The highest BCUT2D eigenvalue weighted by molar-refractivity contribution is 5.34. The Hall–Kier alpha value is -0.900. The van der Waals surface area contributed by atoms with Crippen LogP contribution in [0.3, 0.4) is 0 Å². The molecule has 0 aliphatic carbocycles. The lowest BCUT2D eigenvalue weighted by Crippen LogP contribution is -2.22. The van der Waals surface area contributed by atoms with Gasteiger partial charge in [-0.1, -0.05) is 18.2 Å². The first-order valence-corrected chi connectivity index (χ1v) is 6.81. The van der Waals surface area contributed by atoms with Crippen LogP contribution in [0, 0.1) is 0 Å². The van der Waals surface area contributed by atoms with E-state index < -0.39 is 0 Å². The highest BCUT2D eigenvalue weighted by atomic mass is 15.1. The van der Waals surface area contributed by atoms with Gasteiger partial charge in [0.2, 0.25) is 0 Å². The Labute approximate surface area is 111 Å². The molecule has 0 bridgehead atoms. The van der Waals surface area contributed by atoms with Crippen LogP contribution in [0.15, 0.2) is 18.2 Å². The predicted molar refractivity (Wildman–Crippen MR) is 76.5 cm³/mol. The van der Waals surface area contributed by atoms with Crippen molar-refractivity contribution in [3.05, 3.63) is 34.9 Å². The number of hydrogen-bond acceptors (Lipinski definition) is 3. The lowest BCUT2D eigenvalue weighted by molar-refractivity contribution is 0.262. The van der Waals surface area contributed by atoms with Crippen LogP contribution in [0.5, 0.6) is 0 Å². The molecule has 1 aromatic carbocycles. The Morgan fingerprint density at radius 1 is 1.22 bits per heavy atom. The predicted octanol–water partition coefficient (Wildman–Crippen LogP) is 1.67. The molecule has 0 aromatic heterocycles. The van der Waals surface area contributed by atoms with E-state index in [1.165, 1.54) is 36.2 Å². The third-order valence-corrected chi connectivity index (χ3v) is 3.52. The average Bonchev–Trinajstić information content (AvgIpc) is 2.71. The van der Waals surface area contributed by atoms with E-state index in [1.807, 2.05) is 7.05 Å². The maximum absolute atomic E-state index is 3.21. The van der Waals surface area contributed by atoms with Crippen LogP contribution in [0.1, 0.15) is 23.1 Å². The standard InChI is InChI=1S/C15H25N3/c1-16-10-13-5-6-14-11-18(12-15(14)9-13)8-4-7-17(2)3/h5-6,9,16H,4,7-8,10-12H2,1-3H3. The van der Waals surface area contributed by atoms with Gasteiger partial charge >= 0.3 is 0 Å². The van der Waals surface area contributed by atoms with Gasteiger partial charge in [-0.25, -0.2) is 0 Å². The van der Waals surface area contributed by atoms with E-state index in [0.29, 0.717) is 0 Å². The highest BCUT2D eigenvalue weighted by Gasteiger charge is 2.18. The van der Waals surface area contributed by atoms with E-state index in [-0.39, 0.29) is 0 Å². The minimum atomic E-state index is 0.966. The zero-order valence-corrected chi connectivity index (χ0v) is 11.9. The second-order valence-corrected chi connectivity index (χ2v) is 5.50. The molecular formula is C15H25N3. The molecule has 0 radical (unpaired) electrons. The van der Waals surface area contributed by atoms with Crippen LogP contribution in [-0.2, 0) is 19.6 Å². The average molecular weight is 247 g/mol. The molecule has 0 saturated heterocycles. The zero-order chi connectivity index (χ0) is 13.0. The first kappa shape index (κ1) is 13.5. The van der Waals surface area contributed by atoms with Gasteiger partial charge in [0, 0.05) is 26.2 Å². The first-order chi connectivity index (χ1) is 8.69. The quantitative estimate of drug-likeness (QED) is 0.825. The summed E-state index contributed by atoms with van der Waals surface area (Å²) in [5.74, 6) is 0. The third-order valence-electron chi connectivity index (χ3n) is 3.52. The number of rotatable bonds is 6. The van der Waals surface area contributed by atoms with Gasteiger partial charge in [-0.05, 0) is 50.8 Å². The lowest BCUT2D eigenvalue weighted by atomic mass is 10.1. The van der Waals surface area contributed by atoms with Crippen molar-refractivity contribution in [1.29, 1.82) is 0 Å². The van der Waals surface area contributed by atoms with Crippen LogP contribution in [0.4, 0.5) is 0 Å². The van der Waals surface area contributed by atoms with Gasteiger partial charge in [0.25, 0.3) is 0 Å². The summed E-state index contributed by atoms with van der Waals surface area (Å²) in [6, 6.07) is 6.91. The molecule has 3 heteroatoms. The summed E-state index contributed by atoms with van der Waals surface area (Å²) in [7, 11) is 6.28. The normalized spacial score (nSPS) is 15.3. The second kappa shape index (κ2) is 6.32. The van der Waals surface area contributed by atoms with Crippen molar-refractivity contribution < 1.29 is 0 Å². The van der Waals surface area contributed by atoms with E-state index in [0.717, 1.165) is 19.6 Å². The van der Waals surface area contributed by atoms with Gasteiger partial charge in [0.05, 0.1) is 0 Å². The Morgan fingerprint density at radius 3 is 2.72 bits per heavy atom. The molecule has 18 heavy (non-hydrogen) atoms. The second-order valence-electron chi connectivity index (χ2n) is 5.50. The minimum absolute atomic E-state index is 0.966. The van der Waals surface area contributed by atoms with Crippen molar-refractivity contribution in [1.82, 2.24) is 15.1 Å². The maximum Gasteiger partial charge on any atom is 0.0240 e. The number of benzene rings is 1. The Balaban J connectivity index is 1.87. The largest absolute Gasteiger partial charge is 0.316 e. The maximum atomic E-state index is 3.21. The van der Waals surface area contributed by atoms with E-state index in [4.69, 9.17) is 0 Å². The fraction of sp³-hybridized carbons (Fsp3) is 0.600. The molecular weight excluding hydrogens is 222 g/mol. The third kappa shape index (κ3) is 3.55. The summed E-state index contributed by atoms with van der Waals surface area (Å²) in [4.78, 5) is 4.81. The molecule has 1 N–H and O–H groups in total. The van der Waals surface area contributed by atoms with Gasteiger partial charge in [0.1, 0.15) is 0 Å². The summed E-state index contributed by atoms with van der Waals surface area (Å²) in [6.07, 6.45) is 1.25. The van der Waals surface area contributed by atoms with E-state index >= 15 is 0 Å². The molecule has 1 heterocycles. The zero-order valence-electron chi connectivity index (χ0n) is 11.9. The first-order valence-electron chi connectivity index (χ1n) is 6.81. The van der Waals surface area contributed by atoms with Crippen LogP contribution < -0.4 is 5.32 Å². The van der Waals surface area contributed by atoms with E-state index in [9.17, 15) is 0 Å². The van der Waals surface area contributed by atoms with Crippen molar-refractivity contribution in [2.45, 2.75) is 26.1 Å². The lowest BCUT2D eigenvalue weighted by Gasteiger charge is -2.16. The molecule has 0 fully saturated rings. The number of nitrogens with one attached hydrogen (secondary N) is 1. The molecule has 100 valence electrons. The number of nitrogens with zero attached hydrogens (tertiary/aromatic N) is 2. The van der Waals surface area contributed by atoms with Gasteiger partial charge in [0.15, 0.2) is 0 Å². The van der Waals surface area contributed by atoms with E-state index in [2.05, 4.69) is 47.4 Å². The SMILES string of the molecule is CNCc1ccc2c(c1)CN(CCCN(C)C)C2. The molecule has 3 nitrogen and oxygen atoms in total. The van der Waals surface area contributed by atoms with Crippen molar-refractivity contribution in [3.63, 3.8) is 0 Å². The van der Waals surface area contributed by atoms with Gasteiger partial charge in [-0.2, -0.15) is 0 Å². The minimum Gasteiger partial charge on any atom is -0.316 e. The highest BCUT2D eigenvalue weighted by Crippen LogP contribution is 2.23. The monoisotopic (exact) mass is 247 g/mol. The molecule has 1 aliphatic heterocycles. The van der Waals surface area contributed by atoms with Crippen molar-refractivity contribution in [2.24, 2.45) is 0 Å². The molecule has 1 aromatic rings. The molecule has 0 atom stereocenters. The number of hydrogen-bond donors (Lipinski definition) is 1. The molecule has 0 saturated carbocycles. The summed E-state index contributed by atoms with van der Waals surface area (Å²) in [5.41, 5.74) is 4.43.